The fourth-order valence-corrected chi connectivity index (χ4v) is 4.48. The fraction of sp³-hybridized carbons (Fsp3) is 0.286. The third kappa shape index (κ3) is 7.18. The second-order valence-corrected chi connectivity index (χ2v) is 11.6. The van der Waals surface area contributed by atoms with Gasteiger partial charge in [0, 0.05) is 16.9 Å². The quantitative estimate of drug-likeness (QED) is 0.438. The second-order valence-electron chi connectivity index (χ2n) is 9.70. The lowest BCUT2D eigenvalue weighted by Crippen LogP contribution is -2.37. The Hall–Kier alpha value is -3.65. The van der Waals surface area contributed by atoms with Crippen molar-refractivity contribution in [2.75, 3.05) is 27.7 Å². The van der Waals surface area contributed by atoms with E-state index in [4.69, 9.17) is 0 Å². The molecule has 7 nitrogen and oxygen atoms in total. The van der Waals surface area contributed by atoms with Gasteiger partial charge in [0.25, 0.3) is 5.91 Å². The maximum atomic E-state index is 12.7. The largest absolute Gasteiger partial charge is 0.324 e. The molecule has 0 unspecified atom stereocenters. The smallest absolute Gasteiger partial charge is 0.255 e. The van der Waals surface area contributed by atoms with Crippen LogP contribution in [0.3, 0.4) is 0 Å². The van der Waals surface area contributed by atoms with Crippen molar-refractivity contribution in [2.45, 2.75) is 39.5 Å². The molecule has 0 saturated carbocycles. The Bertz CT molecular complexity index is 1330. The van der Waals surface area contributed by atoms with Gasteiger partial charge in [0.15, 0.2) is 0 Å². The minimum atomic E-state index is -3.68. The third-order valence-corrected chi connectivity index (χ3v) is 6.88. The minimum Gasteiger partial charge on any atom is -0.324 e. The number of hydrogen-bond acceptors (Lipinski definition) is 4. The molecule has 3 aromatic rings. The maximum absolute atomic E-state index is 12.7. The van der Waals surface area contributed by atoms with Crippen LogP contribution in [-0.2, 0) is 26.7 Å². The van der Waals surface area contributed by atoms with Crippen molar-refractivity contribution >= 4 is 38.9 Å². The van der Waals surface area contributed by atoms with Gasteiger partial charge in [-0.2, -0.15) is 0 Å². The molecule has 3 rings (SSSR count). The first kappa shape index (κ1) is 26.9. The zero-order chi connectivity index (χ0) is 26.5. The first-order chi connectivity index (χ1) is 16.9. The van der Waals surface area contributed by atoms with E-state index in [1.807, 2.05) is 31.2 Å². The van der Waals surface area contributed by atoms with Crippen molar-refractivity contribution < 1.29 is 18.0 Å². The number of nitrogens with one attached hydrogen (secondary N) is 2. The van der Waals surface area contributed by atoms with E-state index in [0.29, 0.717) is 22.6 Å². The molecule has 2 amide bonds. The van der Waals surface area contributed by atoms with Gasteiger partial charge in [-0.15, -0.1) is 0 Å². The Morgan fingerprint density at radius 2 is 1.44 bits per heavy atom. The first-order valence-corrected chi connectivity index (χ1v) is 13.6. The lowest BCUT2D eigenvalue weighted by atomic mass is 9.87. The van der Waals surface area contributed by atoms with Crippen molar-refractivity contribution in [3.05, 3.63) is 89.5 Å². The van der Waals surface area contributed by atoms with Gasteiger partial charge in [-0.05, 0) is 65.4 Å². The highest BCUT2D eigenvalue weighted by Crippen LogP contribution is 2.23. The van der Waals surface area contributed by atoms with Crippen molar-refractivity contribution in [1.82, 2.24) is 0 Å². The number of carbonyl (C=O) groups excluding carboxylic acids is 2. The average Bonchev–Trinajstić information content (AvgIpc) is 2.82. The fourth-order valence-electron chi connectivity index (χ4n) is 3.63. The van der Waals surface area contributed by atoms with Crippen molar-refractivity contribution in [3.63, 3.8) is 0 Å². The number of benzene rings is 3. The molecule has 0 aliphatic carbocycles. The highest BCUT2D eigenvalue weighted by molar-refractivity contribution is 7.92. The van der Waals surface area contributed by atoms with Gasteiger partial charge in [-0.1, -0.05) is 58.0 Å². The van der Waals surface area contributed by atoms with Crippen molar-refractivity contribution in [3.8, 4) is 0 Å². The Labute approximate surface area is 213 Å². The third-order valence-electron chi connectivity index (χ3n) is 5.74. The van der Waals surface area contributed by atoms with Crippen LogP contribution in [0.1, 0.15) is 49.2 Å². The topological polar surface area (TPSA) is 95.6 Å². The molecule has 0 saturated heterocycles. The highest BCUT2D eigenvalue weighted by atomic mass is 32.2. The molecule has 0 fully saturated rings. The van der Waals surface area contributed by atoms with E-state index in [0.717, 1.165) is 28.1 Å². The Morgan fingerprint density at radius 3 is 1.97 bits per heavy atom. The van der Waals surface area contributed by atoms with Gasteiger partial charge in [-0.3, -0.25) is 13.9 Å². The van der Waals surface area contributed by atoms with Crippen LogP contribution >= 0.6 is 0 Å². The number of hydrogen-bond donors (Lipinski definition) is 2. The highest BCUT2D eigenvalue weighted by Gasteiger charge is 2.21. The van der Waals surface area contributed by atoms with Crippen LogP contribution in [0.5, 0.6) is 0 Å². The summed E-state index contributed by atoms with van der Waals surface area (Å²) in [7, 11) is -3.68. The van der Waals surface area contributed by atoms with Crippen molar-refractivity contribution in [1.29, 1.82) is 0 Å². The van der Waals surface area contributed by atoms with Crippen LogP contribution in [0.2, 0.25) is 0 Å². The molecule has 0 aromatic heterocycles. The molecule has 0 atom stereocenters. The Kier molecular flexibility index (Phi) is 8.20. The molecule has 190 valence electrons. The molecule has 8 heteroatoms. The molecule has 0 aliphatic rings. The zero-order valence-electron chi connectivity index (χ0n) is 21.3. The van der Waals surface area contributed by atoms with Crippen LogP contribution in [0.15, 0.2) is 72.8 Å². The molecule has 2 N–H and O–H groups in total. The van der Waals surface area contributed by atoms with E-state index in [1.165, 1.54) is 0 Å². The van der Waals surface area contributed by atoms with Gasteiger partial charge in [0.2, 0.25) is 15.9 Å². The molecule has 0 bridgehead atoms. The summed E-state index contributed by atoms with van der Waals surface area (Å²) in [6.07, 6.45) is 1.90. The van der Waals surface area contributed by atoms with Crippen molar-refractivity contribution in [2.24, 2.45) is 0 Å². The molecule has 0 radical (unpaired) electrons. The van der Waals surface area contributed by atoms with E-state index >= 15 is 0 Å². The van der Waals surface area contributed by atoms with Gasteiger partial charge in [0.05, 0.1) is 11.9 Å². The molecule has 0 heterocycles. The number of sulfonamides is 1. The number of nitrogens with zero attached hydrogens (tertiary/aromatic N) is 1. The summed E-state index contributed by atoms with van der Waals surface area (Å²) in [6.45, 7) is 7.97. The lowest BCUT2D eigenvalue weighted by molar-refractivity contribution is -0.114. The molecule has 0 spiro atoms. The SMILES string of the molecule is CCc1ccc(N(CC(=O)Nc2cccc(NC(=O)c3ccc(C(C)(C)C)cc3)c2)S(C)(=O)=O)cc1. The number of aryl methyl sites for hydroxylation is 1. The minimum absolute atomic E-state index is 0.00675. The number of carbonyl (C=O) groups is 2. The Balaban J connectivity index is 1.68. The van der Waals surface area contributed by atoms with E-state index in [2.05, 4.69) is 31.4 Å². The molecule has 3 aromatic carbocycles. The van der Waals surface area contributed by atoms with E-state index in [9.17, 15) is 18.0 Å². The van der Waals surface area contributed by atoms with Gasteiger partial charge >= 0.3 is 0 Å². The summed E-state index contributed by atoms with van der Waals surface area (Å²) in [5.41, 5.74) is 4.09. The summed E-state index contributed by atoms with van der Waals surface area (Å²) in [6, 6.07) is 21.2. The van der Waals surface area contributed by atoms with Crippen LogP contribution in [0.4, 0.5) is 17.1 Å². The standard InChI is InChI=1S/C28H33N3O4S/c1-6-20-10-16-25(17-11-20)31(36(5,34)35)19-26(32)29-23-8-7-9-24(18-23)30-27(33)21-12-14-22(15-13-21)28(2,3)4/h7-18H,6,19H2,1-5H3,(H,29,32)(H,30,33). The summed E-state index contributed by atoms with van der Waals surface area (Å²) >= 11 is 0. The van der Waals surface area contributed by atoms with Crippen LogP contribution in [0.25, 0.3) is 0 Å². The zero-order valence-corrected chi connectivity index (χ0v) is 22.1. The molecular weight excluding hydrogens is 474 g/mol. The van der Waals surface area contributed by atoms with Gasteiger partial charge < -0.3 is 10.6 Å². The number of anilines is 3. The molecule has 36 heavy (non-hydrogen) atoms. The number of amides is 2. The first-order valence-electron chi connectivity index (χ1n) is 11.8. The van der Waals surface area contributed by atoms with E-state index in [1.54, 1.807) is 48.5 Å². The maximum Gasteiger partial charge on any atom is 0.255 e. The molecule has 0 aliphatic heterocycles. The van der Waals surface area contributed by atoms with Crippen LogP contribution in [-0.4, -0.2) is 33.0 Å². The molecular formula is C28H33N3O4S. The van der Waals surface area contributed by atoms with E-state index < -0.39 is 15.9 Å². The average molecular weight is 508 g/mol. The lowest BCUT2D eigenvalue weighted by Gasteiger charge is -2.22. The van der Waals surface area contributed by atoms with E-state index in [-0.39, 0.29) is 17.9 Å². The summed E-state index contributed by atoms with van der Waals surface area (Å²) in [5, 5.41) is 5.55. The monoisotopic (exact) mass is 507 g/mol. The summed E-state index contributed by atoms with van der Waals surface area (Å²) in [4.78, 5) is 25.4. The number of rotatable bonds is 8. The summed E-state index contributed by atoms with van der Waals surface area (Å²) in [5.74, 6) is -0.765. The second kappa shape index (κ2) is 11.0. The normalized spacial score (nSPS) is 11.6. The Morgan fingerprint density at radius 1 is 0.861 bits per heavy atom. The predicted octanol–water partition coefficient (Wildman–Crippen LogP) is 5.20. The van der Waals surface area contributed by atoms with Gasteiger partial charge in [0.1, 0.15) is 6.54 Å². The predicted molar refractivity (Wildman–Crippen MR) is 146 cm³/mol. The van der Waals surface area contributed by atoms with Crippen LogP contribution in [0, 0.1) is 0 Å². The summed E-state index contributed by atoms with van der Waals surface area (Å²) < 4.78 is 25.8. The van der Waals surface area contributed by atoms with Crippen LogP contribution < -0.4 is 14.9 Å². The van der Waals surface area contributed by atoms with Gasteiger partial charge in [-0.25, -0.2) is 8.42 Å².